The van der Waals surface area contributed by atoms with Gasteiger partial charge in [0.15, 0.2) is 0 Å². The Labute approximate surface area is 81.3 Å². The molecule has 2 aliphatic carbocycles. The highest BCUT2D eigenvalue weighted by Crippen LogP contribution is 2.44. The summed E-state index contributed by atoms with van der Waals surface area (Å²) in [6.45, 7) is 1.74. The van der Waals surface area contributed by atoms with E-state index in [9.17, 15) is 0 Å². The van der Waals surface area contributed by atoms with E-state index in [1.807, 2.05) is 0 Å². The Bertz CT molecular complexity index is 136. The Morgan fingerprint density at radius 3 is 1.92 bits per heavy atom. The fourth-order valence-corrected chi connectivity index (χ4v) is 2.28. The zero-order valence-electron chi connectivity index (χ0n) is 8.39. The summed E-state index contributed by atoms with van der Waals surface area (Å²) in [4.78, 5) is 0. The maximum Gasteiger partial charge on any atom is 0.0427 e. The minimum atomic E-state index is 0.767. The van der Waals surface area contributed by atoms with Crippen LogP contribution in [-0.4, -0.2) is 13.1 Å². The first-order valence-corrected chi connectivity index (χ1v) is 5.72. The fourth-order valence-electron chi connectivity index (χ4n) is 2.28. The maximum atomic E-state index is 5.52. The van der Waals surface area contributed by atoms with E-state index in [1.54, 1.807) is 6.04 Å². The van der Waals surface area contributed by atoms with Crippen molar-refractivity contribution in [1.82, 2.24) is 5.32 Å². The molecule has 75 valence electrons. The molecule has 0 spiro atoms. The molecule has 0 amide bonds. The van der Waals surface area contributed by atoms with Crippen molar-refractivity contribution in [2.24, 2.45) is 17.6 Å². The van der Waals surface area contributed by atoms with Gasteiger partial charge >= 0.3 is 0 Å². The Kier molecular flexibility index (Phi) is 3.23. The van der Waals surface area contributed by atoms with Crippen molar-refractivity contribution in [1.29, 1.82) is 0 Å². The van der Waals surface area contributed by atoms with Gasteiger partial charge in [0.2, 0.25) is 0 Å². The van der Waals surface area contributed by atoms with E-state index in [4.69, 9.17) is 5.73 Å². The van der Waals surface area contributed by atoms with Gasteiger partial charge in [0.25, 0.3) is 0 Å². The molecule has 0 saturated heterocycles. The van der Waals surface area contributed by atoms with Crippen molar-refractivity contribution in [2.45, 2.75) is 38.5 Å². The van der Waals surface area contributed by atoms with Crippen LogP contribution >= 0.6 is 0 Å². The van der Waals surface area contributed by atoms with Crippen LogP contribution in [0.1, 0.15) is 38.5 Å². The fraction of sp³-hybridized carbons (Fsp3) is 0.909. The minimum absolute atomic E-state index is 0.767. The lowest BCUT2D eigenvalue weighted by Gasteiger charge is -2.42. The van der Waals surface area contributed by atoms with E-state index in [2.05, 4.69) is 5.32 Å². The highest BCUT2D eigenvalue weighted by molar-refractivity contribution is 5.05. The van der Waals surface area contributed by atoms with Gasteiger partial charge in [0, 0.05) is 19.1 Å². The number of nitrogens with two attached hydrogens (primary N) is 1. The molecule has 0 atom stereocenters. The summed E-state index contributed by atoms with van der Waals surface area (Å²) in [5, 5.41) is 3.56. The highest BCUT2D eigenvalue weighted by Gasteiger charge is 2.36. The van der Waals surface area contributed by atoms with Gasteiger partial charge < -0.3 is 11.1 Å². The Hall–Kier alpha value is -0.0800. The van der Waals surface area contributed by atoms with Crippen LogP contribution in [-0.2, 0) is 0 Å². The molecule has 0 bridgehead atoms. The van der Waals surface area contributed by atoms with Gasteiger partial charge in [-0.05, 0) is 37.5 Å². The summed E-state index contributed by atoms with van der Waals surface area (Å²) < 4.78 is 0. The molecule has 1 radical (unpaired) electrons. The van der Waals surface area contributed by atoms with Gasteiger partial charge in [0.05, 0.1) is 0 Å². The third-order valence-corrected chi connectivity index (χ3v) is 3.56. The van der Waals surface area contributed by atoms with Crippen molar-refractivity contribution < 1.29 is 0 Å². The number of hydrogen-bond acceptors (Lipinski definition) is 2. The van der Waals surface area contributed by atoms with Crippen LogP contribution in [0.25, 0.3) is 0 Å². The lowest BCUT2D eigenvalue weighted by Crippen LogP contribution is -2.41. The third-order valence-electron chi connectivity index (χ3n) is 3.56. The lowest BCUT2D eigenvalue weighted by molar-refractivity contribution is 0.200. The van der Waals surface area contributed by atoms with Crippen molar-refractivity contribution in [3.05, 3.63) is 6.04 Å². The normalized spacial score (nSPS) is 24.5. The summed E-state index contributed by atoms with van der Waals surface area (Å²) >= 11 is 0. The summed E-state index contributed by atoms with van der Waals surface area (Å²) in [7, 11) is 0. The number of nitrogens with one attached hydrogen (secondary N) is 1. The second-order valence-electron chi connectivity index (χ2n) is 4.43. The molecule has 3 N–H and O–H groups in total. The first kappa shape index (κ1) is 9.47. The van der Waals surface area contributed by atoms with Crippen molar-refractivity contribution >= 4 is 0 Å². The third kappa shape index (κ3) is 2.05. The van der Waals surface area contributed by atoms with Crippen LogP contribution in [0, 0.1) is 17.9 Å². The molecule has 0 aromatic carbocycles. The molecule has 0 unspecified atom stereocenters. The SMILES string of the molecule is NCCN[C](C1CCC1)C1CCC1. The molecular formula is C11H21N2. The quantitative estimate of drug-likeness (QED) is 0.677. The Morgan fingerprint density at radius 1 is 1.08 bits per heavy atom. The second kappa shape index (κ2) is 4.43. The van der Waals surface area contributed by atoms with Crippen LogP contribution in [0.4, 0.5) is 0 Å². The number of rotatable bonds is 5. The Balaban J connectivity index is 1.78. The molecular weight excluding hydrogens is 160 g/mol. The first-order valence-electron chi connectivity index (χ1n) is 5.72. The van der Waals surface area contributed by atoms with Crippen LogP contribution in [0.3, 0.4) is 0 Å². The predicted molar refractivity (Wildman–Crippen MR) is 55.0 cm³/mol. The van der Waals surface area contributed by atoms with Crippen LogP contribution in [0.5, 0.6) is 0 Å². The van der Waals surface area contributed by atoms with E-state index < -0.39 is 0 Å². The average molecular weight is 181 g/mol. The molecule has 0 aliphatic heterocycles. The molecule has 0 heterocycles. The first-order chi connectivity index (χ1) is 6.42. The van der Waals surface area contributed by atoms with Gasteiger partial charge in [0.1, 0.15) is 0 Å². The van der Waals surface area contributed by atoms with Crippen LogP contribution in [0.2, 0.25) is 0 Å². The van der Waals surface area contributed by atoms with Gasteiger partial charge in [-0.3, -0.25) is 0 Å². The van der Waals surface area contributed by atoms with Crippen LogP contribution in [0.15, 0.2) is 0 Å². The van der Waals surface area contributed by atoms with Crippen LogP contribution < -0.4 is 11.1 Å². The second-order valence-corrected chi connectivity index (χ2v) is 4.43. The minimum Gasteiger partial charge on any atom is -0.329 e. The Morgan fingerprint density at radius 2 is 1.62 bits per heavy atom. The van der Waals surface area contributed by atoms with Gasteiger partial charge in [-0.2, -0.15) is 0 Å². The van der Waals surface area contributed by atoms with E-state index in [-0.39, 0.29) is 0 Å². The summed E-state index contributed by atoms with van der Waals surface area (Å²) in [5.41, 5.74) is 5.52. The van der Waals surface area contributed by atoms with E-state index in [0.29, 0.717) is 0 Å². The lowest BCUT2D eigenvalue weighted by atomic mass is 9.68. The molecule has 2 saturated carbocycles. The van der Waals surface area contributed by atoms with E-state index in [0.717, 1.165) is 24.9 Å². The molecule has 2 heteroatoms. The smallest absolute Gasteiger partial charge is 0.0427 e. The molecule has 2 aliphatic rings. The van der Waals surface area contributed by atoms with E-state index >= 15 is 0 Å². The van der Waals surface area contributed by atoms with Crippen molar-refractivity contribution in [2.75, 3.05) is 13.1 Å². The summed E-state index contributed by atoms with van der Waals surface area (Å²) in [6.07, 6.45) is 8.55. The number of hydrogen-bond donors (Lipinski definition) is 2. The van der Waals surface area contributed by atoms with Crippen molar-refractivity contribution in [3.63, 3.8) is 0 Å². The molecule has 2 fully saturated rings. The molecule has 13 heavy (non-hydrogen) atoms. The average Bonchev–Trinajstić information content (AvgIpc) is 1.93. The topological polar surface area (TPSA) is 38.0 Å². The highest BCUT2D eigenvalue weighted by atomic mass is 14.9. The van der Waals surface area contributed by atoms with Crippen molar-refractivity contribution in [3.8, 4) is 0 Å². The molecule has 0 aromatic heterocycles. The molecule has 2 rings (SSSR count). The maximum absolute atomic E-state index is 5.52. The predicted octanol–water partition coefficient (Wildman–Crippen LogP) is 1.67. The van der Waals surface area contributed by atoms with Gasteiger partial charge in [-0.25, -0.2) is 0 Å². The summed E-state index contributed by atoms with van der Waals surface area (Å²) in [5.74, 6) is 1.80. The zero-order chi connectivity index (χ0) is 9.10. The van der Waals surface area contributed by atoms with E-state index in [1.165, 1.54) is 38.5 Å². The molecule has 0 aromatic rings. The summed E-state index contributed by atoms with van der Waals surface area (Å²) in [6, 6.07) is 1.66. The standard InChI is InChI=1S/C11H21N2/c12-7-8-13-11(9-3-1-4-9)10-5-2-6-10/h9-10,13H,1-8,12H2. The van der Waals surface area contributed by atoms with Gasteiger partial charge in [-0.15, -0.1) is 0 Å². The zero-order valence-corrected chi connectivity index (χ0v) is 8.39. The molecule has 2 nitrogen and oxygen atoms in total. The monoisotopic (exact) mass is 181 g/mol. The largest absolute Gasteiger partial charge is 0.329 e. The van der Waals surface area contributed by atoms with Gasteiger partial charge in [-0.1, -0.05) is 12.8 Å².